The zero-order chi connectivity index (χ0) is 30.2. The summed E-state index contributed by atoms with van der Waals surface area (Å²) in [6.45, 7) is 4.84. The van der Waals surface area contributed by atoms with Gasteiger partial charge in [-0.3, -0.25) is 9.59 Å². The molecule has 1 amide bonds. The summed E-state index contributed by atoms with van der Waals surface area (Å²) < 4.78 is 43.9. The molecule has 4 rings (SSSR count). The van der Waals surface area contributed by atoms with E-state index in [1.807, 2.05) is 18.2 Å². The molecule has 1 fully saturated rings. The molecule has 1 N–H and O–H groups in total. The van der Waals surface area contributed by atoms with E-state index in [4.69, 9.17) is 4.74 Å². The van der Waals surface area contributed by atoms with E-state index in [9.17, 15) is 22.8 Å². The number of esters is 1. The number of halogens is 3. The molecule has 1 aliphatic heterocycles. The van der Waals surface area contributed by atoms with Crippen molar-refractivity contribution in [1.29, 1.82) is 0 Å². The highest BCUT2D eigenvalue weighted by molar-refractivity contribution is 6.01. The fourth-order valence-electron chi connectivity index (χ4n) is 5.75. The molecule has 1 aliphatic rings. The number of hydrogen-bond acceptors (Lipinski definition) is 4. The van der Waals surface area contributed by atoms with Crippen LogP contribution in [0.25, 0.3) is 11.1 Å². The lowest BCUT2D eigenvalue weighted by molar-refractivity contribution is -0.142. The second-order valence-electron chi connectivity index (χ2n) is 11.3. The van der Waals surface area contributed by atoms with Gasteiger partial charge in [-0.25, -0.2) is 0 Å². The van der Waals surface area contributed by atoms with Gasteiger partial charge < -0.3 is 15.0 Å². The SMILES string of the molecule is COC(=O)CC(C)(CCCCN1CCC(NC(=O)c2ccccc2-c2ccc(C(F)(F)F)cc2)CC1)c1ccccc1. The number of piperidine rings is 1. The van der Waals surface area contributed by atoms with E-state index in [-0.39, 0.29) is 23.3 Å². The number of carbonyl (C=O) groups is 2. The number of hydrogen-bond donors (Lipinski definition) is 1. The minimum Gasteiger partial charge on any atom is -0.469 e. The van der Waals surface area contributed by atoms with Crippen LogP contribution in [-0.4, -0.2) is 49.6 Å². The normalized spacial score (nSPS) is 16.0. The van der Waals surface area contributed by atoms with Crippen molar-refractivity contribution in [2.75, 3.05) is 26.7 Å². The molecule has 224 valence electrons. The molecule has 0 radical (unpaired) electrons. The van der Waals surface area contributed by atoms with Crippen molar-refractivity contribution in [1.82, 2.24) is 10.2 Å². The zero-order valence-electron chi connectivity index (χ0n) is 24.3. The highest BCUT2D eigenvalue weighted by Gasteiger charge is 2.31. The summed E-state index contributed by atoms with van der Waals surface area (Å²) in [5.74, 6) is -0.415. The minimum atomic E-state index is -4.41. The molecule has 1 saturated heterocycles. The molecule has 1 atom stereocenters. The van der Waals surface area contributed by atoms with Crippen molar-refractivity contribution in [3.8, 4) is 11.1 Å². The van der Waals surface area contributed by atoms with Crippen LogP contribution in [0.5, 0.6) is 0 Å². The molecule has 1 heterocycles. The highest BCUT2D eigenvalue weighted by Crippen LogP contribution is 2.34. The van der Waals surface area contributed by atoms with Gasteiger partial charge >= 0.3 is 12.1 Å². The molecular formula is C34H39F3N2O3. The number of nitrogens with one attached hydrogen (secondary N) is 1. The maximum atomic E-state index is 13.2. The number of benzene rings is 3. The number of unbranched alkanes of at least 4 members (excludes halogenated alkanes) is 1. The van der Waals surface area contributed by atoms with Crippen LogP contribution in [0, 0.1) is 0 Å². The maximum Gasteiger partial charge on any atom is 0.416 e. The Morgan fingerprint density at radius 2 is 1.52 bits per heavy atom. The molecule has 0 saturated carbocycles. The number of methoxy groups -OCH3 is 1. The number of ether oxygens (including phenoxy) is 1. The summed E-state index contributed by atoms with van der Waals surface area (Å²) in [6.07, 6.45) is 0.493. The number of nitrogens with zero attached hydrogens (tertiary/aromatic N) is 1. The Bertz CT molecular complexity index is 1320. The van der Waals surface area contributed by atoms with Gasteiger partial charge in [0.25, 0.3) is 5.91 Å². The van der Waals surface area contributed by atoms with Gasteiger partial charge in [0.1, 0.15) is 0 Å². The molecule has 0 aliphatic carbocycles. The smallest absolute Gasteiger partial charge is 0.416 e. The van der Waals surface area contributed by atoms with Crippen LogP contribution in [0.1, 0.15) is 66.9 Å². The van der Waals surface area contributed by atoms with Gasteiger partial charge in [-0.2, -0.15) is 13.2 Å². The van der Waals surface area contributed by atoms with Crippen molar-refractivity contribution in [3.63, 3.8) is 0 Å². The number of carbonyl (C=O) groups excluding carboxylic acids is 2. The topological polar surface area (TPSA) is 58.6 Å². The molecule has 0 bridgehead atoms. The van der Waals surface area contributed by atoms with Gasteiger partial charge in [-0.05, 0) is 67.1 Å². The van der Waals surface area contributed by atoms with E-state index in [0.717, 1.165) is 69.4 Å². The lowest BCUT2D eigenvalue weighted by Crippen LogP contribution is -2.45. The molecular weight excluding hydrogens is 541 g/mol. The predicted octanol–water partition coefficient (Wildman–Crippen LogP) is 7.26. The summed E-state index contributed by atoms with van der Waals surface area (Å²) in [6, 6.07) is 22.1. The summed E-state index contributed by atoms with van der Waals surface area (Å²) in [5, 5.41) is 3.14. The molecule has 5 nitrogen and oxygen atoms in total. The van der Waals surface area contributed by atoms with Crippen molar-refractivity contribution in [3.05, 3.63) is 95.6 Å². The van der Waals surface area contributed by atoms with Gasteiger partial charge in [-0.15, -0.1) is 0 Å². The molecule has 1 unspecified atom stereocenters. The number of amides is 1. The van der Waals surface area contributed by atoms with Crippen LogP contribution < -0.4 is 5.32 Å². The minimum absolute atomic E-state index is 0.0378. The van der Waals surface area contributed by atoms with Crippen LogP contribution in [0.15, 0.2) is 78.9 Å². The summed E-state index contributed by atoms with van der Waals surface area (Å²) in [7, 11) is 1.43. The third kappa shape index (κ3) is 8.22. The first-order valence-corrected chi connectivity index (χ1v) is 14.5. The average Bonchev–Trinajstić information content (AvgIpc) is 3.00. The maximum absolute atomic E-state index is 13.2. The third-order valence-electron chi connectivity index (χ3n) is 8.30. The van der Waals surface area contributed by atoms with Crippen molar-refractivity contribution in [2.45, 2.75) is 63.1 Å². The second kappa shape index (κ2) is 14.0. The van der Waals surface area contributed by atoms with Crippen molar-refractivity contribution in [2.24, 2.45) is 0 Å². The molecule has 8 heteroatoms. The van der Waals surface area contributed by atoms with E-state index < -0.39 is 11.7 Å². The summed E-state index contributed by atoms with van der Waals surface area (Å²) >= 11 is 0. The van der Waals surface area contributed by atoms with Crippen LogP contribution in [0.4, 0.5) is 13.2 Å². The molecule has 0 spiro atoms. The van der Waals surface area contributed by atoms with Gasteiger partial charge in [-0.1, -0.05) is 74.0 Å². The van der Waals surface area contributed by atoms with Gasteiger partial charge in [0.15, 0.2) is 0 Å². The highest BCUT2D eigenvalue weighted by atomic mass is 19.4. The first-order chi connectivity index (χ1) is 20.1. The number of rotatable bonds is 11. The molecule has 42 heavy (non-hydrogen) atoms. The summed E-state index contributed by atoms with van der Waals surface area (Å²) in [4.78, 5) is 27.7. The quantitative estimate of drug-likeness (QED) is 0.192. The first kappa shape index (κ1) is 31.3. The van der Waals surface area contributed by atoms with E-state index in [0.29, 0.717) is 23.1 Å². The molecule has 3 aromatic rings. The Labute approximate surface area is 246 Å². The Kier molecular flexibility index (Phi) is 10.4. The second-order valence-corrected chi connectivity index (χ2v) is 11.3. The molecule has 0 aromatic heterocycles. The Hall–Kier alpha value is -3.65. The van der Waals surface area contributed by atoms with Crippen LogP contribution in [0.2, 0.25) is 0 Å². The van der Waals surface area contributed by atoms with Crippen molar-refractivity contribution >= 4 is 11.9 Å². The monoisotopic (exact) mass is 580 g/mol. The standard InChI is InChI=1S/C34H39F3N2O3/c1-33(24-31(40)42-2,26-10-4-3-5-11-26)20-8-9-21-39-22-18-28(19-23-39)38-32(41)30-13-7-6-12-29(30)25-14-16-27(17-15-25)34(35,36)37/h3-7,10-17,28H,8-9,18-24H2,1-2H3,(H,38,41). The lowest BCUT2D eigenvalue weighted by atomic mass is 9.75. The zero-order valence-corrected chi connectivity index (χ0v) is 24.3. The van der Waals surface area contributed by atoms with Gasteiger partial charge in [0.05, 0.1) is 19.1 Å². The Morgan fingerprint density at radius 1 is 0.881 bits per heavy atom. The lowest BCUT2D eigenvalue weighted by Gasteiger charge is -2.33. The van der Waals surface area contributed by atoms with Crippen LogP contribution in [0.3, 0.4) is 0 Å². The van der Waals surface area contributed by atoms with Crippen LogP contribution >= 0.6 is 0 Å². The van der Waals surface area contributed by atoms with E-state index >= 15 is 0 Å². The van der Waals surface area contributed by atoms with E-state index in [1.54, 1.807) is 24.3 Å². The fraction of sp³-hybridized carbons (Fsp3) is 0.412. The number of alkyl halides is 3. The van der Waals surface area contributed by atoms with Gasteiger partial charge in [0, 0.05) is 30.1 Å². The predicted molar refractivity (Wildman–Crippen MR) is 158 cm³/mol. The van der Waals surface area contributed by atoms with Crippen molar-refractivity contribution < 1.29 is 27.5 Å². The Morgan fingerprint density at radius 3 is 2.17 bits per heavy atom. The van der Waals surface area contributed by atoms with Crippen LogP contribution in [-0.2, 0) is 21.1 Å². The number of likely N-dealkylation sites (tertiary alicyclic amines) is 1. The Balaban J connectivity index is 1.26. The largest absolute Gasteiger partial charge is 0.469 e. The van der Waals surface area contributed by atoms with Gasteiger partial charge in [0.2, 0.25) is 0 Å². The van der Waals surface area contributed by atoms with E-state index in [1.165, 1.54) is 19.2 Å². The fourth-order valence-corrected chi connectivity index (χ4v) is 5.75. The third-order valence-corrected chi connectivity index (χ3v) is 8.30. The molecule has 3 aromatic carbocycles. The van der Waals surface area contributed by atoms with E-state index in [2.05, 4.69) is 29.3 Å². The summed E-state index contributed by atoms with van der Waals surface area (Å²) in [5.41, 5.74) is 1.78. The average molecular weight is 581 g/mol. The first-order valence-electron chi connectivity index (χ1n) is 14.5.